The van der Waals surface area contributed by atoms with E-state index in [0.717, 1.165) is 10.8 Å². The van der Waals surface area contributed by atoms with Crippen LogP contribution in [0.15, 0.2) is 29.2 Å². The third kappa shape index (κ3) is 7.37. The molecule has 0 fully saturated rings. The van der Waals surface area contributed by atoms with E-state index in [9.17, 15) is 18.8 Å². The number of nitrogen functional groups attached to an aromatic ring is 1. The van der Waals surface area contributed by atoms with Crippen molar-refractivity contribution < 1.29 is 33.3 Å². The van der Waals surface area contributed by atoms with Crippen molar-refractivity contribution in [2.24, 2.45) is 0 Å². The minimum atomic E-state index is -2.03. The lowest BCUT2D eigenvalue weighted by Gasteiger charge is -2.25. The van der Waals surface area contributed by atoms with Gasteiger partial charge in [-0.1, -0.05) is 6.58 Å². The highest BCUT2D eigenvalue weighted by molar-refractivity contribution is 7.80. The number of aliphatic hydroxyl groups excluding tert-OH is 1. The summed E-state index contributed by atoms with van der Waals surface area (Å²) in [5.74, 6) is -1.90. The van der Waals surface area contributed by atoms with Crippen LogP contribution in [0.1, 0.15) is 13.2 Å². The molecule has 0 saturated carbocycles. The van der Waals surface area contributed by atoms with Crippen LogP contribution in [0.25, 0.3) is 0 Å². The van der Waals surface area contributed by atoms with Gasteiger partial charge < -0.3 is 25.1 Å². The lowest BCUT2D eigenvalue weighted by Crippen LogP contribution is -2.38. The number of aliphatic hydroxyl groups is 1. The van der Waals surface area contributed by atoms with Crippen LogP contribution in [0.3, 0.4) is 0 Å². The van der Waals surface area contributed by atoms with Crippen molar-refractivity contribution in [3.05, 3.63) is 34.9 Å². The third-order valence-electron chi connectivity index (χ3n) is 2.96. The number of esters is 2. The maximum atomic E-state index is 14.6. The summed E-state index contributed by atoms with van der Waals surface area (Å²) in [5.41, 5.74) is 3.43. The molecule has 0 aliphatic heterocycles. The first kappa shape index (κ1) is 22.6. The molecule has 0 bridgehead atoms. The molecular formula is C15H20FN3O7S. The Morgan fingerprint density at radius 2 is 2.15 bits per heavy atom. The number of nitrogens with zero attached hydrogens (tertiary/aromatic N) is 2. The number of halogens is 1. The first-order valence-electron chi connectivity index (χ1n) is 7.57. The van der Waals surface area contributed by atoms with Crippen molar-refractivity contribution in [1.29, 1.82) is 0 Å². The number of hydrogen-bond donors (Lipinski definition) is 3. The largest absolute Gasteiger partial charge is 0.460 e. The zero-order valence-electron chi connectivity index (χ0n) is 14.4. The highest BCUT2D eigenvalue weighted by Gasteiger charge is 2.28. The molecule has 1 rings (SSSR count). The molecule has 10 nitrogen and oxygen atoms in total. The number of rotatable bonds is 10. The molecule has 0 spiro atoms. The van der Waals surface area contributed by atoms with Crippen LogP contribution in [0.5, 0.6) is 0 Å². The standard InChI is InChI=1S/C15H20FN3O7S/c1-8(2)14(22)25-7-11(21)24-6-9(16)13(26-12(27)5-20)19-4-3-10(17)18-15(19)23/h3-4,9,12-13,20,27H,1,5-7H2,2H3,(H2,17,18,23)/t9-,12-,13+/m0/s1. The van der Waals surface area contributed by atoms with Crippen LogP contribution in [0.4, 0.5) is 10.2 Å². The van der Waals surface area contributed by atoms with Gasteiger partial charge in [0.25, 0.3) is 0 Å². The Kier molecular flexibility index (Phi) is 8.91. The molecule has 0 unspecified atom stereocenters. The molecular weight excluding hydrogens is 385 g/mol. The summed E-state index contributed by atoms with van der Waals surface area (Å²) in [6.45, 7) is 2.60. The fourth-order valence-corrected chi connectivity index (χ4v) is 1.82. The predicted octanol–water partition coefficient (Wildman–Crippen LogP) is -0.411. The van der Waals surface area contributed by atoms with Gasteiger partial charge in [0.1, 0.15) is 17.9 Å². The van der Waals surface area contributed by atoms with Crippen LogP contribution in [-0.4, -0.2) is 58.0 Å². The number of hydrogen-bond acceptors (Lipinski definition) is 10. The Morgan fingerprint density at radius 3 is 2.70 bits per heavy atom. The molecule has 150 valence electrons. The molecule has 27 heavy (non-hydrogen) atoms. The molecule has 0 aliphatic rings. The van der Waals surface area contributed by atoms with Gasteiger partial charge in [0.15, 0.2) is 19.0 Å². The Labute approximate surface area is 159 Å². The van der Waals surface area contributed by atoms with Crippen LogP contribution in [0, 0.1) is 0 Å². The maximum Gasteiger partial charge on any atom is 0.351 e. The van der Waals surface area contributed by atoms with Crippen LogP contribution in [-0.2, 0) is 23.8 Å². The Bertz CT molecular complexity index is 742. The summed E-state index contributed by atoms with van der Waals surface area (Å²) in [7, 11) is 0. The highest BCUT2D eigenvalue weighted by Crippen LogP contribution is 2.19. The summed E-state index contributed by atoms with van der Waals surface area (Å²) >= 11 is 3.88. The third-order valence-corrected chi connectivity index (χ3v) is 3.25. The second-order valence-corrected chi connectivity index (χ2v) is 5.84. The molecule has 3 N–H and O–H groups in total. The molecule has 1 aromatic rings. The van der Waals surface area contributed by atoms with Gasteiger partial charge in [0.05, 0.1) is 6.61 Å². The van der Waals surface area contributed by atoms with Crippen LogP contribution >= 0.6 is 12.6 Å². The van der Waals surface area contributed by atoms with E-state index < -0.39 is 55.3 Å². The van der Waals surface area contributed by atoms with Gasteiger partial charge in [-0.25, -0.2) is 18.8 Å². The molecule has 0 amide bonds. The van der Waals surface area contributed by atoms with Gasteiger partial charge in [0.2, 0.25) is 0 Å². The second kappa shape index (κ2) is 10.6. The number of nitrogens with two attached hydrogens (primary N) is 1. The van der Waals surface area contributed by atoms with Gasteiger partial charge in [0, 0.05) is 11.8 Å². The number of ether oxygens (including phenoxy) is 3. The van der Waals surface area contributed by atoms with Gasteiger partial charge >= 0.3 is 17.6 Å². The molecule has 0 radical (unpaired) electrons. The van der Waals surface area contributed by atoms with E-state index >= 15 is 0 Å². The minimum absolute atomic E-state index is 0.0821. The van der Waals surface area contributed by atoms with Gasteiger partial charge in [-0.2, -0.15) is 4.98 Å². The Balaban J connectivity index is 2.78. The minimum Gasteiger partial charge on any atom is -0.460 e. The first-order chi connectivity index (χ1) is 12.6. The van der Waals surface area contributed by atoms with E-state index in [0.29, 0.717) is 0 Å². The van der Waals surface area contributed by atoms with Crippen molar-refractivity contribution >= 4 is 30.4 Å². The van der Waals surface area contributed by atoms with E-state index in [1.165, 1.54) is 13.0 Å². The van der Waals surface area contributed by atoms with E-state index in [-0.39, 0.29) is 11.4 Å². The molecule has 0 saturated heterocycles. The summed E-state index contributed by atoms with van der Waals surface area (Å²) < 4.78 is 29.7. The van der Waals surface area contributed by atoms with Gasteiger partial charge in [-0.05, 0) is 13.0 Å². The average Bonchev–Trinajstić information content (AvgIpc) is 2.62. The smallest absolute Gasteiger partial charge is 0.351 e. The van der Waals surface area contributed by atoms with E-state index in [4.69, 9.17) is 15.6 Å². The number of aromatic nitrogens is 2. The molecule has 0 aromatic carbocycles. The van der Waals surface area contributed by atoms with E-state index in [2.05, 4.69) is 33.7 Å². The topological polar surface area (TPSA) is 143 Å². The van der Waals surface area contributed by atoms with Crippen molar-refractivity contribution in [2.45, 2.75) is 24.8 Å². The SMILES string of the molecule is C=C(C)C(=O)OCC(=O)OC[C@H](F)[C@@H](O[C@@H](S)CO)n1ccc(N)nc1=O. The summed E-state index contributed by atoms with van der Waals surface area (Å²) in [4.78, 5) is 38.1. The fourth-order valence-electron chi connectivity index (χ4n) is 1.69. The zero-order valence-corrected chi connectivity index (χ0v) is 15.3. The van der Waals surface area contributed by atoms with Crippen molar-refractivity contribution in [3.63, 3.8) is 0 Å². The Morgan fingerprint density at radius 1 is 1.48 bits per heavy atom. The second-order valence-electron chi connectivity index (χ2n) is 5.26. The van der Waals surface area contributed by atoms with Crippen LogP contribution < -0.4 is 11.4 Å². The quantitative estimate of drug-likeness (QED) is 0.205. The molecule has 0 aliphatic carbocycles. The molecule has 12 heteroatoms. The zero-order chi connectivity index (χ0) is 20.6. The number of carbonyl (C=O) groups excluding carboxylic acids is 2. The lowest BCUT2D eigenvalue weighted by atomic mass is 10.3. The normalized spacial score (nSPS) is 14.1. The Hall–Kier alpha value is -2.44. The average molecular weight is 405 g/mol. The fraction of sp³-hybridized carbons (Fsp3) is 0.467. The van der Waals surface area contributed by atoms with Gasteiger partial charge in [-0.15, -0.1) is 12.6 Å². The number of carbonyl (C=O) groups is 2. The van der Waals surface area contributed by atoms with E-state index in [1.54, 1.807) is 0 Å². The molecule has 1 aromatic heterocycles. The van der Waals surface area contributed by atoms with Crippen LogP contribution in [0.2, 0.25) is 0 Å². The summed E-state index contributed by atoms with van der Waals surface area (Å²) in [6, 6.07) is 1.24. The summed E-state index contributed by atoms with van der Waals surface area (Å²) in [5, 5.41) is 9.02. The number of alkyl halides is 1. The van der Waals surface area contributed by atoms with Crippen molar-refractivity contribution in [2.75, 3.05) is 25.6 Å². The van der Waals surface area contributed by atoms with E-state index in [1.807, 2.05) is 0 Å². The van der Waals surface area contributed by atoms with Crippen molar-refractivity contribution in [3.8, 4) is 0 Å². The summed E-state index contributed by atoms with van der Waals surface area (Å²) in [6.07, 6.45) is -2.50. The number of thiol groups is 1. The maximum absolute atomic E-state index is 14.6. The predicted molar refractivity (Wildman–Crippen MR) is 94.5 cm³/mol. The number of anilines is 1. The molecule has 3 atom stereocenters. The molecule has 1 heterocycles. The van der Waals surface area contributed by atoms with Gasteiger partial charge in [-0.3, -0.25) is 4.57 Å². The monoisotopic (exact) mass is 405 g/mol. The lowest BCUT2D eigenvalue weighted by molar-refractivity contribution is -0.161. The van der Waals surface area contributed by atoms with Crippen molar-refractivity contribution in [1.82, 2.24) is 9.55 Å². The first-order valence-corrected chi connectivity index (χ1v) is 8.08. The highest BCUT2D eigenvalue weighted by atomic mass is 32.1.